The van der Waals surface area contributed by atoms with Crippen LogP contribution in [0.15, 0.2) is 51.7 Å². The molecule has 1 heterocycles. The fraction of sp³-hybridized carbons (Fsp3) is 0.200. The highest BCUT2D eigenvalue weighted by Gasteiger charge is 2.17. The monoisotopic (exact) mass is 372 g/mol. The second kappa shape index (κ2) is 7.22. The number of fused-ring (bicyclic) bond motifs is 1. The van der Waals surface area contributed by atoms with Gasteiger partial charge in [-0.2, -0.15) is 0 Å². The van der Waals surface area contributed by atoms with Crippen molar-refractivity contribution in [2.45, 2.75) is 20.0 Å². The van der Waals surface area contributed by atoms with E-state index in [-0.39, 0.29) is 5.43 Å². The van der Waals surface area contributed by atoms with Crippen molar-refractivity contribution in [2.24, 2.45) is 0 Å². The van der Waals surface area contributed by atoms with Crippen molar-refractivity contribution in [1.29, 1.82) is 0 Å². The predicted molar refractivity (Wildman–Crippen MR) is 99.8 cm³/mol. The molecule has 0 amide bonds. The number of esters is 1. The average Bonchev–Trinajstić information content (AvgIpc) is 2.62. The van der Waals surface area contributed by atoms with Crippen LogP contribution in [0.25, 0.3) is 22.1 Å². The lowest BCUT2D eigenvalue weighted by Gasteiger charge is -2.13. The van der Waals surface area contributed by atoms with Gasteiger partial charge in [-0.25, -0.2) is 4.79 Å². The van der Waals surface area contributed by atoms with Gasteiger partial charge in [0.15, 0.2) is 6.10 Å². The summed E-state index contributed by atoms with van der Waals surface area (Å²) in [5.74, 6) is 0.418. The van der Waals surface area contributed by atoms with Crippen molar-refractivity contribution in [3.63, 3.8) is 0 Å². The van der Waals surface area contributed by atoms with Crippen LogP contribution in [0.5, 0.6) is 5.75 Å². The van der Waals surface area contributed by atoms with Crippen LogP contribution >= 0.6 is 11.6 Å². The molecule has 0 fully saturated rings. The first-order valence-corrected chi connectivity index (χ1v) is 8.36. The minimum Gasteiger partial charge on any atom is -0.479 e. The normalized spacial score (nSPS) is 12.0. The van der Waals surface area contributed by atoms with Crippen molar-refractivity contribution in [1.82, 2.24) is 0 Å². The summed E-state index contributed by atoms with van der Waals surface area (Å²) in [6, 6.07) is 11.9. The topological polar surface area (TPSA) is 65.7 Å². The Morgan fingerprint density at radius 3 is 2.50 bits per heavy atom. The summed E-state index contributed by atoms with van der Waals surface area (Å²) in [5.41, 5.74) is 1.48. The van der Waals surface area contributed by atoms with Crippen LogP contribution in [0, 0.1) is 6.92 Å². The summed E-state index contributed by atoms with van der Waals surface area (Å²) in [6.07, 6.45) is -0.765. The number of carbonyl (C=O) groups is 1. The molecule has 6 heteroatoms. The summed E-state index contributed by atoms with van der Waals surface area (Å²) in [4.78, 5) is 24.4. The standard InChI is InChI=1S/C20H17ClO5/c1-11-18(13-4-6-14(21)7-5-13)19(22)16-9-8-15(10-17(16)26-11)25-12(2)20(23)24-3/h4-10,12H,1-3H3. The lowest BCUT2D eigenvalue weighted by molar-refractivity contribution is -0.147. The Bertz CT molecular complexity index is 1020. The number of aryl methyl sites for hydroxylation is 1. The zero-order valence-electron chi connectivity index (χ0n) is 14.5. The lowest BCUT2D eigenvalue weighted by atomic mass is 10.0. The van der Waals surface area contributed by atoms with E-state index in [0.717, 1.165) is 5.56 Å². The molecule has 1 aromatic heterocycles. The molecule has 3 aromatic rings. The molecule has 3 rings (SSSR count). The highest BCUT2D eigenvalue weighted by atomic mass is 35.5. The quantitative estimate of drug-likeness (QED) is 0.636. The SMILES string of the molecule is COC(=O)C(C)Oc1ccc2c(=O)c(-c3ccc(Cl)cc3)c(C)oc2c1. The molecule has 0 aliphatic carbocycles. The molecule has 2 aromatic carbocycles. The Kier molecular flexibility index (Phi) is 5.00. The Hall–Kier alpha value is -2.79. The number of hydrogen-bond acceptors (Lipinski definition) is 5. The van der Waals surface area contributed by atoms with Crippen LogP contribution in [0.2, 0.25) is 5.02 Å². The van der Waals surface area contributed by atoms with Gasteiger partial charge in [0.1, 0.15) is 17.1 Å². The largest absolute Gasteiger partial charge is 0.479 e. The molecular weight excluding hydrogens is 356 g/mol. The van der Waals surface area contributed by atoms with Gasteiger partial charge in [-0.3, -0.25) is 4.79 Å². The Balaban J connectivity index is 2.05. The second-order valence-corrected chi connectivity index (χ2v) is 6.25. The molecule has 0 N–H and O–H groups in total. The Morgan fingerprint density at radius 1 is 1.15 bits per heavy atom. The van der Waals surface area contributed by atoms with Gasteiger partial charge in [-0.1, -0.05) is 23.7 Å². The van der Waals surface area contributed by atoms with Crippen molar-refractivity contribution in [3.8, 4) is 16.9 Å². The van der Waals surface area contributed by atoms with E-state index < -0.39 is 12.1 Å². The number of hydrogen-bond donors (Lipinski definition) is 0. The van der Waals surface area contributed by atoms with Crippen LogP contribution in [-0.4, -0.2) is 19.2 Å². The van der Waals surface area contributed by atoms with Gasteiger partial charge < -0.3 is 13.9 Å². The third-order valence-electron chi connectivity index (χ3n) is 4.02. The zero-order chi connectivity index (χ0) is 18.8. The average molecular weight is 373 g/mol. The first kappa shape index (κ1) is 18.0. The number of carbonyl (C=O) groups excluding carboxylic acids is 1. The van der Waals surface area contributed by atoms with Gasteiger partial charge in [-0.15, -0.1) is 0 Å². The Labute approximate surface area is 155 Å². The van der Waals surface area contributed by atoms with Crippen LogP contribution < -0.4 is 10.2 Å². The van der Waals surface area contributed by atoms with E-state index in [1.165, 1.54) is 7.11 Å². The molecule has 0 bridgehead atoms. The van der Waals surface area contributed by atoms with E-state index >= 15 is 0 Å². The van der Waals surface area contributed by atoms with Gasteiger partial charge >= 0.3 is 5.97 Å². The third kappa shape index (κ3) is 3.44. The van der Waals surface area contributed by atoms with Crippen molar-refractivity contribution in [2.75, 3.05) is 7.11 Å². The summed E-state index contributed by atoms with van der Waals surface area (Å²) in [7, 11) is 1.29. The number of halogens is 1. The van der Waals surface area contributed by atoms with Gasteiger partial charge in [0.2, 0.25) is 5.43 Å². The molecule has 0 spiro atoms. The molecule has 26 heavy (non-hydrogen) atoms. The molecule has 134 valence electrons. The molecule has 1 unspecified atom stereocenters. The first-order valence-electron chi connectivity index (χ1n) is 7.98. The summed E-state index contributed by atoms with van der Waals surface area (Å²) >= 11 is 5.92. The highest BCUT2D eigenvalue weighted by Crippen LogP contribution is 2.27. The van der Waals surface area contributed by atoms with Gasteiger partial charge in [-0.05, 0) is 43.7 Å². The minimum absolute atomic E-state index is 0.140. The lowest BCUT2D eigenvalue weighted by Crippen LogP contribution is -2.24. The molecular formula is C20H17ClO5. The molecule has 0 aliphatic heterocycles. The van der Waals surface area contributed by atoms with Crippen LogP contribution in [0.4, 0.5) is 0 Å². The smallest absolute Gasteiger partial charge is 0.346 e. The van der Waals surface area contributed by atoms with E-state index in [1.807, 2.05) is 0 Å². The van der Waals surface area contributed by atoms with E-state index in [9.17, 15) is 9.59 Å². The van der Waals surface area contributed by atoms with Crippen molar-refractivity contribution >= 4 is 28.5 Å². The number of ether oxygens (including phenoxy) is 2. The summed E-state index contributed by atoms with van der Waals surface area (Å²) < 4.78 is 16.0. The molecule has 0 saturated heterocycles. The fourth-order valence-electron chi connectivity index (χ4n) is 2.73. The highest BCUT2D eigenvalue weighted by molar-refractivity contribution is 6.30. The van der Waals surface area contributed by atoms with Gasteiger partial charge in [0, 0.05) is 11.1 Å². The van der Waals surface area contributed by atoms with E-state index in [4.69, 9.17) is 20.8 Å². The molecule has 0 saturated carbocycles. The van der Waals surface area contributed by atoms with E-state index in [1.54, 1.807) is 56.3 Å². The maximum absolute atomic E-state index is 12.9. The molecule has 0 aliphatic rings. The maximum atomic E-state index is 12.9. The molecule has 1 atom stereocenters. The third-order valence-corrected chi connectivity index (χ3v) is 4.27. The van der Waals surface area contributed by atoms with Crippen LogP contribution in [0.3, 0.4) is 0 Å². The molecule has 5 nitrogen and oxygen atoms in total. The Morgan fingerprint density at radius 2 is 1.85 bits per heavy atom. The molecule has 0 radical (unpaired) electrons. The number of methoxy groups -OCH3 is 1. The number of rotatable bonds is 4. The zero-order valence-corrected chi connectivity index (χ0v) is 15.3. The van der Waals surface area contributed by atoms with Gasteiger partial charge in [0.25, 0.3) is 0 Å². The van der Waals surface area contributed by atoms with E-state index in [2.05, 4.69) is 4.74 Å². The van der Waals surface area contributed by atoms with Crippen molar-refractivity contribution < 1.29 is 18.7 Å². The van der Waals surface area contributed by atoms with E-state index in [0.29, 0.717) is 33.1 Å². The van der Waals surface area contributed by atoms with Gasteiger partial charge in [0.05, 0.1) is 18.1 Å². The maximum Gasteiger partial charge on any atom is 0.346 e. The summed E-state index contributed by atoms with van der Waals surface area (Å²) in [5, 5.41) is 1.02. The summed E-state index contributed by atoms with van der Waals surface area (Å²) in [6.45, 7) is 3.32. The second-order valence-electron chi connectivity index (χ2n) is 5.81. The minimum atomic E-state index is -0.765. The van der Waals surface area contributed by atoms with Crippen LogP contribution in [-0.2, 0) is 9.53 Å². The predicted octanol–water partition coefficient (Wildman–Crippen LogP) is 4.36. The number of benzene rings is 2. The first-order chi connectivity index (χ1) is 12.4. The van der Waals surface area contributed by atoms with Crippen molar-refractivity contribution in [3.05, 3.63) is 63.5 Å². The van der Waals surface area contributed by atoms with Crippen LogP contribution in [0.1, 0.15) is 12.7 Å². The fourth-order valence-corrected chi connectivity index (χ4v) is 2.85.